The lowest BCUT2D eigenvalue weighted by Crippen LogP contribution is -2.25. The van der Waals surface area contributed by atoms with Gasteiger partial charge in [-0.05, 0) is 13.0 Å². The van der Waals surface area contributed by atoms with Gasteiger partial charge in [0.05, 0.1) is 5.02 Å². The van der Waals surface area contributed by atoms with Crippen molar-refractivity contribution in [3.05, 3.63) is 28.0 Å². The Morgan fingerprint density at radius 1 is 1.61 bits per heavy atom. The highest BCUT2D eigenvalue weighted by atomic mass is 35.5. The van der Waals surface area contributed by atoms with E-state index in [0.717, 1.165) is 15.1 Å². The molecule has 0 radical (unpaired) electrons. The third-order valence-corrected chi connectivity index (χ3v) is 4.21. The number of aromatic amines is 1. The van der Waals surface area contributed by atoms with E-state index in [1.54, 1.807) is 35.4 Å². The summed E-state index contributed by atoms with van der Waals surface area (Å²) in [5, 5.41) is 12.2. The van der Waals surface area contributed by atoms with Crippen molar-refractivity contribution < 1.29 is 4.79 Å². The van der Waals surface area contributed by atoms with Crippen molar-refractivity contribution >= 4 is 40.6 Å². The molecular formula is C10H11ClN4OS2. The Morgan fingerprint density at radius 3 is 3.06 bits per heavy atom. The van der Waals surface area contributed by atoms with E-state index in [9.17, 15) is 4.79 Å². The third kappa shape index (κ3) is 3.72. The molecule has 0 unspecified atom stereocenters. The van der Waals surface area contributed by atoms with E-state index in [2.05, 4.69) is 20.5 Å². The minimum atomic E-state index is -0.157. The summed E-state index contributed by atoms with van der Waals surface area (Å²) in [5.74, 6) is 0.602. The van der Waals surface area contributed by atoms with E-state index in [4.69, 9.17) is 11.6 Å². The SMILES string of the molecule is Cc1nnc(SCCNC(=O)c2cc(Cl)c[nH]2)s1. The van der Waals surface area contributed by atoms with Crippen LogP contribution in [0.15, 0.2) is 16.6 Å². The Bertz CT molecular complexity index is 539. The van der Waals surface area contributed by atoms with Crippen LogP contribution in [0.25, 0.3) is 0 Å². The van der Waals surface area contributed by atoms with E-state index in [1.165, 1.54) is 0 Å². The lowest BCUT2D eigenvalue weighted by molar-refractivity contribution is 0.0952. The normalized spacial score (nSPS) is 10.6. The molecule has 18 heavy (non-hydrogen) atoms. The molecule has 2 N–H and O–H groups in total. The molecule has 0 atom stereocenters. The van der Waals surface area contributed by atoms with Crippen molar-refractivity contribution in [2.75, 3.05) is 12.3 Å². The van der Waals surface area contributed by atoms with Crippen LogP contribution in [0.1, 0.15) is 15.5 Å². The molecule has 0 aliphatic carbocycles. The second kappa shape index (κ2) is 6.21. The fourth-order valence-electron chi connectivity index (χ4n) is 1.23. The molecule has 0 saturated heterocycles. The molecule has 2 aromatic rings. The number of H-pyrrole nitrogens is 1. The maximum absolute atomic E-state index is 11.6. The van der Waals surface area contributed by atoms with Crippen LogP contribution in [0, 0.1) is 6.92 Å². The molecule has 96 valence electrons. The van der Waals surface area contributed by atoms with Crippen molar-refractivity contribution in [1.29, 1.82) is 0 Å². The lowest BCUT2D eigenvalue weighted by atomic mass is 10.4. The zero-order valence-electron chi connectivity index (χ0n) is 9.57. The standard InChI is InChI=1S/C10H11ClN4OS2/c1-6-14-15-10(18-6)17-3-2-12-9(16)8-4-7(11)5-13-8/h4-5,13H,2-3H2,1H3,(H,12,16). The van der Waals surface area contributed by atoms with Gasteiger partial charge in [0.25, 0.3) is 5.91 Å². The van der Waals surface area contributed by atoms with Crippen LogP contribution >= 0.6 is 34.7 Å². The van der Waals surface area contributed by atoms with E-state index in [1.807, 2.05) is 6.92 Å². The number of amides is 1. The lowest BCUT2D eigenvalue weighted by Gasteiger charge is -2.01. The van der Waals surface area contributed by atoms with E-state index in [0.29, 0.717) is 17.3 Å². The van der Waals surface area contributed by atoms with Crippen molar-refractivity contribution in [2.24, 2.45) is 0 Å². The molecule has 2 heterocycles. The number of hydrogen-bond donors (Lipinski definition) is 2. The molecule has 2 rings (SSSR count). The second-order valence-electron chi connectivity index (χ2n) is 3.42. The predicted octanol–water partition coefficient (Wildman–Crippen LogP) is 2.35. The number of nitrogens with one attached hydrogen (secondary N) is 2. The summed E-state index contributed by atoms with van der Waals surface area (Å²) < 4.78 is 0.921. The van der Waals surface area contributed by atoms with E-state index < -0.39 is 0 Å². The summed E-state index contributed by atoms with van der Waals surface area (Å²) in [7, 11) is 0. The Labute approximate surface area is 117 Å². The van der Waals surface area contributed by atoms with Crippen LogP contribution in [0.2, 0.25) is 5.02 Å². The highest BCUT2D eigenvalue weighted by molar-refractivity contribution is 8.01. The van der Waals surface area contributed by atoms with Crippen LogP contribution in [-0.4, -0.2) is 33.4 Å². The average Bonchev–Trinajstić information content (AvgIpc) is 2.93. The molecule has 0 fully saturated rings. The van der Waals surface area contributed by atoms with Crippen molar-refractivity contribution in [3.8, 4) is 0 Å². The smallest absolute Gasteiger partial charge is 0.267 e. The molecule has 5 nitrogen and oxygen atoms in total. The molecule has 0 aliphatic rings. The number of nitrogens with zero attached hydrogens (tertiary/aromatic N) is 2. The number of carbonyl (C=O) groups is 1. The summed E-state index contributed by atoms with van der Waals surface area (Å²) >= 11 is 8.85. The van der Waals surface area contributed by atoms with Gasteiger partial charge >= 0.3 is 0 Å². The molecular weight excluding hydrogens is 292 g/mol. The fourth-order valence-corrected chi connectivity index (χ4v) is 3.14. The first-order valence-electron chi connectivity index (χ1n) is 5.20. The number of hydrogen-bond acceptors (Lipinski definition) is 5. The fraction of sp³-hybridized carbons (Fsp3) is 0.300. The summed E-state index contributed by atoms with van der Waals surface area (Å²) in [5.41, 5.74) is 0.469. The third-order valence-electron chi connectivity index (χ3n) is 2.01. The molecule has 8 heteroatoms. The molecule has 0 aromatic carbocycles. The first-order chi connectivity index (χ1) is 8.65. The van der Waals surface area contributed by atoms with Crippen molar-refractivity contribution in [1.82, 2.24) is 20.5 Å². The minimum Gasteiger partial charge on any atom is -0.356 e. The van der Waals surface area contributed by atoms with Crippen molar-refractivity contribution in [2.45, 2.75) is 11.3 Å². The second-order valence-corrected chi connectivity index (χ2v) is 6.38. The Balaban J connectivity index is 1.71. The first-order valence-corrected chi connectivity index (χ1v) is 7.38. The van der Waals surface area contributed by atoms with Gasteiger partial charge in [0.2, 0.25) is 0 Å². The number of aromatic nitrogens is 3. The number of aryl methyl sites for hydroxylation is 1. The zero-order chi connectivity index (χ0) is 13.0. The van der Waals surface area contributed by atoms with Crippen LogP contribution in [0.4, 0.5) is 0 Å². The predicted molar refractivity (Wildman–Crippen MR) is 73.5 cm³/mol. The van der Waals surface area contributed by atoms with Gasteiger partial charge in [-0.2, -0.15) is 0 Å². The molecule has 1 amide bonds. The van der Waals surface area contributed by atoms with Gasteiger partial charge in [-0.15, -0.1) is 10.2 Å². The number of rotatable bonds is 5. The van der Waals surface area contributed by atoms with Gasteiger partial charge in [0.15, 0.2) is 4.34 Å². The molecule has 0 saturated carbocycles. The van der Waals surface area contributed by atoms with Gasteiger partial charge in [0.1, 0.15) is 10.7 Å². The summed E-state index contributed by atoms with van der Waals surface area (Å²) in [6, 6.07) is 1.60. The van der Waals surface area contributed by atoms with Crippen LogP contribution in [0.3, 0.4) is 0 Å². The summed E-state index contributed by atoms with van der Waals surface area (Å²) in [6.45, 7) is 2.48. The number of carbonyl (C=O) groups excluding carboxylic acids is 1. The first kappa shape index (κ1) is 13.4. The quantitative estimate of drug-likeness (QED) is 0.657. The summed E-state index contributed by atoms with van der Waals surface area (Å²) in [4.78, 5) is 14.4. The van der Waals surface area contributed by atoms with Crippen molar-refractivity contribution in [3.63, 3.8) is 0 Å². The highest BCUT2D eigenvalue weighted by Crippen LogP contribution is 2.20. The van der Waals surface area contributed by atoms with E-state index >= 15 is 0 Å². The van der Waals surface area contributed by atoms with Crippen LogP contribution in [-0.2, 0) is 0 Å². The van der Waals surface area contributed by atoms with E-state index in [-0.39, 0.29) is 5.91 Å². The molecule has 2 aromatic heterocycles. The maximum atomic E-state index is 11.6. The van der Waals surface area contributed by atoms with Gasteiger partial charge in [-0.3, -0.25) is 4.79 Å². The number of halogens is 1. The van der Waals surface area contributed by atoms with Gasteiger partial charge in [-0.1, -0.05) is 34.7 Å². The summed E-state index contributed by atoms with van der Waals surface area (Å²) in [6.07, 6.45) is 1.58. The highest BCUT2D eigenvalue weighted by Gasteiger charge is 2.07. The minimum absolute atomic E-state index is 0.157. The zero-order valence-corrected chi connectivity index (χ0v) is 12.0. The number of thioether (sulfide) groups is 1. The maximum Gasteiger partial charge on any atom is 0.267 e. The van der Waals surface area contributed by atoms with Gasteiger partial charge in [0, 0.05) is 18.5 Å². The van der Waals surface area contributed by atoms with Gasteiger partial charge < -0.3 is 10.3 Å². The topological polar surface area (TPSA) is 70.7 Å². The molecule has 0 aliphatic heterocycles. The average molecular weight is 303 g/mol. The molecule has 0 spiro atoms. The largest absolute Gasteiger partial charge is 0.356 e. The Morgan fingerprint density at radius 2 is 2.44 bits per heavy atom. The Hall–Kier alpha value is -1.05. The van der Waals surface area contributed by atoms with Gasteiger partial charge in [-0.25, -0.2) is 0 Å². The monoisotopic (exact) mass is 302 g/mol. The molecule has 0 bridgehead atoms. The Kier molecular flexibility index (Phi) is 4.62. The van der Waals surface area contributed by atoms with Crippen LogP contribution in [0.5, 0.6) is 0 Å². The van der Waals surface area contributed by atoms with Crippen LogP contribution < -0.4 is 5.32 Å².